The number of nitrogens with one attached hydrogen (secondary N) is 2. The van der Waals surface area contributed by atoms with Gasteiger partial charge in [0.1, 0.15) is 5.82 Å². The number of amides is 1. The molecule has 8 heteroatoms. The van der Waals surface area contributed by atoms with Crippen molar-refractivity contribution in [3.63, 3.8) is 0 Å². The monoisotopic (exact) mass is 353 g/mol. The molecule has 0 radical (unpaired) electrons. The van der Waals surface area contributed by atoms with E-state index >= 15 is 0 Å². The van der Waals surface area contributed by atoms with Crippen LogP contribution in [0.5, 0.6) is 0 Å². The van der Waals surface area contributed by atoms with E-state index in [1.54, 1.807) is 42.5 Å². The van der Waals surface area contributed by atoms with E-state index in [0.717, 1.165) is 11.8 Å². The van der Waals surface area contributed by atoms with Gasteiger partial charge in [0.2, 0.25) is 11.1 Å². The van der Waals surface area contributed by atoms with Crippen molar-refractivity contribution in [2.24, 2.45) is 0 Å². The molecule has 0 bridgehead atoms. The molecule has 0 aliphatic heterocycles. The van der Waals surface area contributed by atoms with Gasteiger partial charge in [-0.1, -0.05) is 30.0 Å². The number of halogens is 1. The Hall–Kier alpha value is -3.18. The number of H-pyrrole nitrogens is 1. The molecule has 0 unspecified atom stereocenters. The van der Waals surface area contributed by atoms with E-state index in [4.69, 9.17) is 5.26 Å². The third-order valence-electron chi connectivity index (χ3n) is 3.20. The molecule has 3 aromatic rings. The van der Waals surface area contributed by atoms with Crippen molar-refractivity contribution in [3.8, 4) is 17.5 Å². The molecule has 1 amide bonds. The van der Waals surface area contributed by atoms with Gasteiger partial charge in [-0.15, -0.1) is 5.10 Å². The first-order valence-electron chi connectivity index (χ1n) is 7.26. The SMILES string of the molecule is N#Cc1cccc(NC(=O)CSc2n[nH]c(-c3ccccc3F)n2)c1. The van der Waals surface area contributed by atoms with Crippen LogP contribution in [0.1, 0.15) is 5.56 Å². The third kappa shape index (κ3) is 4.22. The van der Waals surface area contributed by atoms with Crippen molar-refractivity contribution in [3.05, 3.63) is 59.9 Å². The van der Waals surface area contributed by atoms with Crippen LogP contribution in [-0.2, 0) is 4.79 Å². The molecule has 2 aromatic carbocycles. The summed E-state index contributed by atoms with van der Waals surface area (Å²) in [5, 5.41) is 18.5. The number of anilines is 1. The second-order valence-electron chi connectivity index (χ2n) is 4.98. The van der Waals surface area contributed by atoms with Crippen LogP contribution >= 0.6 is 11.8 Å². The van der Waals surface area contributed by atoms with Crippen LogP contribution in [0.2, 0.25) is 0 Å². The van der Waals surface area contributed by atoms with E-state index in [-0.39, 0.29) is 11.7 Å². The lowest BCUT2D eigenvalue weighted by molar-refractivity contribution is -0.113. The maximum absolute atomic E-state index is 13.7. The van der Waals surface area contributed by atoms with Crippen LogP contribution in [-0.4, -0.2) is 26.8 Å². The highest BCUT2D eigenvalue weighted by atomic mass is 32.2. The quantitative estimate of drug-likeness (QED) is 0.687. The molecule has 124 valence electrons. The van der Waals surface area contributed by atoms with Crippen LogP contribution in [0.25, 0.3) is 11.4 Å². The Morgan fingerprint density at radius 2 is 2.12 bits per heavy atom. The number of hydrogen-bond acceptors (Lipinski definition) is 5. The Morgan fingerprint density at radius 1 is 1.28 bits per heavy atom. The van der Waals surface area contributed by atoms with Gasteiger partial charge in [-0.05, 0) is 30.3 Å². The molecule has 0 spiro atoms. The number of hydrogen-bond donors (Lipinski definition) is 2. The Morgan fingerprint density at radius 3 is 2.92 bits per heavy atom. The van der Waals surface area contributed by atoms with Gasteiger partial charge in [-0.25, -0.2) is 9.37 Å². The zero-order valence-corrected chi connectivity index (χ0v) is 13.7. The molecule has 0 atom stereocenters. The minimum Gasteiger partial charge on any atom is -0.325 e. The zero-order chi connectivity index (χ0) is 17.6. The van der Waals surface area contributed by atoms with Gasteiger partial charge in [0.15, 0.2) is 5.82 Å². The zero-order valence-electron chi connectivity index (χ0n) is 12.9. The topological polar surface area (TPSA) is 94.5 Å². The summed E-state index contributed by atoms with van der Waals surface area (Å²) in [4.78, 5) is 16.2. The van der Waals surface area contributed by atoms with Crippen molar-refractivity contribution in [1.82, 2.24) is 15.2 Å². The lowest BCUT2D eigenvalue weighted by Crippen LogP contribution is -2.14. The average molecular weight is 353 g/mol. The molecule has 1 aromatic heterocycles. The van der Waals surface area contributed by atoms with Gasteiger partial charge in [0.25, 0.3) is 0 Å². The summed E-state index contributed by atoms with van der Waals surface area (Å²) in [7, 11) is 0. The number of carbonyl (C=O) groups is 1. The minimum atomic E-state index is -0.398. The van der Waals surface area contributed by atoms with E-state index in [2.05, 4.69) is 20.5 Å². The molecule has 1 heterocycles. The molecule has 3 rings (SSSR count). The van der Waals surface area contributed by atoms with Crippen molar-refractivity contribution < 1.29 is 9.18 Å². The van der Waals surface area contributed by atoms with Crippen LogP contribution in [0, 0.1) is 17.1 Å². The number of aromatic amines is 1. The molecule has 6 nitrogen and oxygen atoms in total. The molecule has 0 fully saturated rings. The highest BCUT2D eigenvalue weighted by Crippen LogP contribution is 2.21. The first-order valence-corrected chi connectivity index (χ1v) is 8.24. The van der Waals surface area contributed by atoms with Gasteiger partial charge in [-0.2, -0.15) is 5.26 Å². The number of aromatic nitrogens is 3. The Bertz CT molecular complexity index is 950. The first-order chi connectivity index (χ1) is 12.2. The largest absolute Gasteiger partial charge is 0.325 e. The molecule has 0 aliphatic rings. The third-order valence-corrected chi connectivity index (χ3v) is 4.05. The van der Waals surface area contributed by atoms with Gasteiger partial charge in [0.05, 0.1) is 22.9 Å². The average Bonchev–Trinajstić information content (AvgIpc) is 3.09. The maximum atomic E-state index is 13.7. The fourth-order valence-corrected chi connectivity index (χ4v) is 2.68. The highest BCUT2D eigenvalue weighted by Gasteiger charge is 2.11. The Balaban J connectivity index is 1.60. The minimum absolute atomic E-state index is 0.0886. The molecule has 0 saturated heterocycles. The number of nitriles is 1. The lowest BCUT2D eigenvalue weighted by Gasteiger charge is -2.04. The first kappa shape index (κ1) is 16.7. The van der Waals surface area contributed by atoms with Crippen LogP contribution in [0.3, 0.4) is 0 Å². The fourth-order valence-electron chi connectivity index (χ4n) is 2.08. The molecule has 25 heavy (non-hydrogen) atoms. The number of benzene rings is 2. The summed E-state index contributed by atoms with van der Waals surface area (Å²) in [6.07, 6.45) is 0. The fraction of sp³-hybridized carbons (Fsp3) is 0.0588. The van der Waals surface area contributed by atoms with Crippen molar-refractivity contribution >= 4 is 23.4 Å². The predicted octanol–water partition coefficient (Wildman–Crippen LogP) is 3.21. The van der Waals surface area contributed by atoms with E-state index in [9.17, 15) is 9.18 Å². The molecule has 2 N–H and O–H groups in total. The van der Waals surface area contributed by atoms with E-state index in [1.807, 2.05) is 6.07 Å². The Kier molecular flexibility index (Phi) is 5.06. The summed E-state index contributed by atoms with van der Waals surface area (Å²) < 4.78 is 13.7. The van der Waals surface area contributed by atoms with Gasteiger partial charge in [-0.3, -0.25) is 9.89 Å². The number of nitrogens with zero attached hydrogens (tertiary/aromatic N) is 3. The van der Waals surface area contributed by atoms with Crippen LogP contribution < -0.4 is 5.32 Å². The summed E-state index contributed by atoms with van der Waals surface area (Å²) in [5.74, 6) is -0.254. The summed E-state index contributed by atoms with van der Waals surface area (Å²) in [6, 6.07) is 14.9. The molecular weight excluding hydrogens is 341 g/mol. The van der Waals surface area contributed by atoms with Crippen LogP contribution in [0.15, 0.2) is 53.7 Å². The van der Waals surface area contributed by atoms with Crippen molar-refractivity contribution in [2.45, 2.75) is 5.16 Å². The molecular formula is C17H12FN5OS. The second-order valence-corrected chi connectivity index (χ2v) is 5.92. The van der Waals surface area contributed by atoms with Gasteiger partial charge < -0.3 is 5.32 Å². The lowest BCUT2D eigenvalue weighted by atomic mass is 10.2. The highest BCUT2D eigenvalue weighted by molar-refractivity contribution is 7.99. The van der Waals surface area contributed by atoms with Crippen molar-refractivity contribution in [2.75, 3.05) is 11.1 Å². The van der Waals surface area contributed by atoms with Gasteiger partial charge in [0, 0.05) is 5.69 Å². The van der Waals surface area contributed by atoms with Crippen LogP contribution in [0.4, 0.5) is 10.1 Å². The van der Waals surface area contributed by atoms with E-state index in [1.165, 1.54) is 6.07 Å². The normalized spacial score (nSPS) is 10.2. The number of carbonyl (C=O) groups excluding carboxylic acids is 1. The standard InChI is InChI=1S/C17H12FN5OS/c18-14-7-2-1-6-13(14)16-21-17(23-22-16)25-10-15(24)20-12-5-3-4-11(8-12)9-19/h1-8H,10H2,(H,20,24)(H,21,22,23). The van der Waals surface area contributed by atoms with E-state index in [0.29, 0.717) is 27.8 Å². The maximum Gasteiger partial charge on any atom is 0.234 e. The summed E-state index contributed by atoms with van der Waals surface area (Å²) in [6.45, 7) is 0. The van der Waals surface area contributed by atoms with Gasteiger partial charge >= 0.3 is 0 Å². The number of rotatable bonds is 5. The summed E-state index contributed by atoms with van der Waals surface area (Å²) in [5.41, 5.74) is 1.33. The summed E-state index contributed by atoms with van der Waals surface area (Å²) >= 11 is 1.13. The molecule has 0 saturated carbocycles. The molecule has 0 aliphatic carbocycles. The predicted molar refractivity (Wildman–Crippen MR) is 92.3 cm³/mol. The smallest absolute Gasteiger partial charge is 0.234 e. The number of thioether (sulfide) groups is 1. The Labute approximate surface area is 147 Å². The van der Waals surface area contributed by atoms with Crippen molar-refractivity contribution in [1.29, 1.82) is 5.26 Å². The second kappa shape index (κ2) is 7.59. The van der Waals surface area contributed by atoms with E-state index < -0.39 is 5.82 Å².